The van der Waals surface area contributed by atoms with E-state index in [9.17, 15) is 0 Å². The zero-order valence-electron chi connectivity index (χ0n) is 11.8. The highest BCUT2D eigenvalue weighted by molar-refractivity contribution is 6.30. The zero-order valence-corrected chi connectivity index (χ0v) is 12.5. The molecule has 0 atom stereocenters. The van der Waals surface area contributed by atoms with Crippen LogP contribution in [-0.4, -0.2) is 9.97 Å². The summed E-state index contributed by atoms with van der Waals surface area (Å²) in [5.41, 5.74) is 3.47. The summed E-state index contributed by atoms with van der Waals surface area (Å²) in [6, 6.07) is 8.35. The molecule has 1 saturated carbocycles. The standard InChI is InChI=1S/C16H18ClN3/c1-10-5-3-4-6-13(10)9-18-15-11(2)14(17)19-16(20-15)12-7-8-12/h3-6,12H,7-9H2,1-2H3,(H,18,19,20). The monoisotopic (exact) mass is 287 g/mol. The zero-order chi connectivity index (χ0) is 14.1. The van der Waals surface area contributed by atoms with Crippen molar-refractivity contribution in [3.05, 3.63) is 51.9 Å². The number of hydrogen-bond donors (Lipinski definition) is 1. The first kappa shape index (κ1) is 13.4. The summed E-state index contributed by atoms with van der Waals surface area (Å²) >= 11 is 6.21. The third-order valence-electron chi connectivity index (χ3n) is 3.75. The molecule has 1 aliphatic carbocycles. The smallest absolute Gasteiger partial charge is 0.137 e. The Morgan fingerprint density at radius 1 is 1.20 bits per heavy atom. The quantitative estimate of drug-likeness (QED) is 0.855. The number of anilines is 1. The lowest BCUT2D eigenvalue weighted by molar-refractivity contribution is 0.911. The number of hydrogen-bond acceptors (Lipinski definition) is 3. The molecule has 1 aromatic carbocycles. The van der Waals surface area contributed by atoms with E-state index in [0.29, 0.717) is 11.1 Å². The summed E-state index contributed by atoms with van der Waals surface area (Å²) in [6.45, 7) is 4.83. The van der Waals surface area contributed by atoms with Crippen LogP contribution in [0.2, 0.25) is 5.15 Å². The fourth-order valence-electron chi connectivity index (χ4n) is 2.19. The van der Waals surface area contributed by atoms with E-state index in [4.69, 9.17) is 11.6 Å². The van der Waals surface area contributed by atoms with E-state index < -0.39 is 0 Å². The lowest BCUT2D eigenvalue weighted by atomic mass is 10.1. The highest BCUT2D eigenvalue weighted by Crippen LogP contribution is 2.39. The molecular weight excluding hydrogens is 270 g/mol. The number of nitrogens with zero attached hydrogens (tertiary/aromatic N) is 2. The normalized spacial score (nSPS) is 14.3. The van der Waals surface area contributed by atoms with Gasteiger partial charge in [-0.1, -0.05) is 35.9 Å². The minimum atomic E-state index is 0.507. The lowest BCUT2D eigenvalue weighted by Gasteiger charge is -2.12. The van der Waals surface area contributed by atoms with Gasteiger partial charge in [0.1, 0.15) is 16.8 Å². The van der Waals surface area contributed by atoms with Crippen LogP contribution in [-0.2, 0) is 6.54 Å². The van der Waals surface area contributed by atoms with Crippen LogP contribution in [0.25, 0.3) is 0 Å². The molecule has 3 rings (SSSR count). The van der Waals surface area contributed by atoms with E-state index in [-0.39, 0.29) is 0 Å². The first-order chi connectivity index (χ1) is 9.65. The molecule has 0 unspecified atom stereocenters. The van der Waals surface area contributed by atoms with Crippen molar-refractivity contribution in [2.24, 2.45) is 0 Å². The van der Waals surface area contributed by atoms with Crippen LogP contribution in [0.4, 0.5) is 5.82 Å². The van der Waals surface area contributed by atoms with Gasteiger partial charge in [-0.2, -0.15) is 0 Å². The van der Waals surface area contributed by atoms with Gasteiger partial charge < -0.3 is 5.32 Å². The largest absolute Gasteiger partial charge is 0.366 e. The fourth-order valence-corrected chi connectivity index (χ4v) is 2.37. The Hall–Kier alpha value is -1.61. The second-order valence-electron chi connectivity index (χ2n) is 5.40. The highest BCUT2D eigenvalue weighted by Gasteiger charge is 2.27. The number of aryl methyl sites for hydroxylation is 1. The van der Waals surface area contributed by atoms with Gasteiger partial charge in [-0.05, 0) is 37.8 Å². The van der Waals surface area contributed by atoms with Gasteiger partial charge >= 0.3 is 0 Å². The number of halogens is 1. The summed E-state index contributed by atoms with van der Waals surface area (Å²) in [4.78, 5) is 9.02. The number of benzene rings is 1. The molecule has 1 N–H and O–H groups in total. The molecule has 4 heteroatoms. The van der Waals surface area contributed by atoms with Crippen LogP contribution >= 0.6 is 11.6 Å². The average Bonchev–Trinajstić information content (AvgIpc) is 3.26. The molecule has 0 amide bonds. The van der Waals surface area contributed by atoms with Crippen molar-refractivity contribution in [1.82, 2.24) is 9.97 Å². The molecule has 3 nitrogen and oxygen atoms in total. The molecule has 1 heterocycles. The van der Waals surface area contributed by atoms with Gasteiger partial charge in [0, 0.05) is 18.0 Å². The average molecular weight is 288 g/mol. The maximum absolute atomic E-state index is 6.21. The van der Waals surface area contributed by atoms with Crippen LogP contribution < -0.4 is 5.32 Å². The van der Waals surface area contributed by atoms with E-state index in [1.165, 1.54) is 24.0 Å². The molecule has 0 saturated heterocycles. The molecule has 2 aromatic rings. The summed E-state index contributed by atoms with van der Waals surface area (Å²) in [7, 11) is 0. The Morgan fingerprint density at radius 2 is 1.95 bits per heavy atom. The molecule has 0 spiro atoms. The molecule has 0 aliphatic heterocycles. The first-order valence-corrected chi connectivity index (χ1v) is 7.35. The second kappa shape index (κ2) is 5.41. The Balaban J connectivity index is 1.81. The van der Waals surface area contributed by atoms with Crippen LogP contribution in [0.1, 0.15) is 41.3 Å². The van der Waals surface area contributed by atoms with E-state index in [1.807, 2.05) is 6.92 Å². The minimum absolute atomic E-state index is 0.507. The fraction of sp³-hybridized carbons (Fsp3) is 0.375. The van der Waals surface area contributed by atoms with E-state index in [2.05, 4.69) is 46.5 Å². The maximum Gasteiger partial charge on any atom is 0.137 e. The van der Waals surface area contributed by atoms with Crippen molar-refractivity contribution in [2.75, 3.05) is 5.32 Å². The van der Waals surface area contributed by atoms with Gasteiger partial charge in [-0.15, -0.1) is 0 Å². The predicted octanol–water partition coefficient (Wildman–Crippen LogP) is 4.24. The van der Waals surface area contributed by atoms with Gasteiger partial charge in [0.05, 0.1) is 0 Å². The molecule has 0 bridgehead atoms. The Bertz CT molecular complexity index is 636. The van der Waals surface area contributed by atoms with Crippen molar-refractivity contribution in [3.8, 4) is 0 Å². The maximum atomic E-state index is 6.21. The van der Waals surface area contributed by atoms with Gasteiger partial charge in [-0.3, -0.25) is 0 Å². The van der Waals surface area contributed by atoms with Gasteiger partial charge in [-0.25, -0.2) is 9.97 Å². The number of nitrogens with one attached hydrogen (secondary N) is 1. The lowest BCUT2D eigenvalue weighted by Crippen LogP contribution is -2.07. The summed E-state index contributed by atoms with van der Waals surface area (Å²) in [5, 5.41) is 3.96. The molecule has 1 fully saturated rings. The Morgan fingerprint density at radius 3 is 2.65 bits per heavy atom. The van der Waals surface area contributed by atoms with Crippen LogP contribution in [0.3, 0.4) is 0 Å². The second-order valence-corrected chi connectivity index (χ2v) is 5.76. The van der Waals surface area contributed by atoms with Crippen molar-refractivity contribution in [2.45, 2.75) is 39.2 Å². The molecule has 1 aliphatic rings. The summed E-state index contributed by atoms with van der Waals surface area (Å²) < 4.78 is 0. The van der Waals surface area contributed by atoms with Gasteiger partial charge in [0.25, 0.3) is 0 Å². The minimum Gasteiger partial charge on any atom is -0.366 e. The van der Waals surface area contributed by atoms with Crippen LogP contribution in [0, 0.1) is 13.8 Å². The summed E-state index contributed by atoms with van der Waals surface area (Å²) in [5.74, 6) is 2.25. The van der Waals surface area contributed by atoms with E-state index >= 15 is 0 Å². The SMILES string of the molecule is Cc1ccccc1CNc1nc(C2CC2)nc(Cl)c1C. The molecule has 104 valence electrons. The first-order valence-electron chi connectivity index (χ1n) is 6.97. The molecular formula is C16H18ClN3. The Labute approximate surface area is 124 Å². The van der Waals surface area contributed by atoms with E-state index in [0.717, 1.165) is 23.8 Å². The van der Waals surface area contributed by atoms with Crippen molar-refractivity contribution in [1.29, 1.82) is 0 Å². The van der Waals surface area contributed by atoms with Crippen LogP contribution in [0.15, 0.2) is 24.3 Å². The molecule has 20 heavy (non-hydrogen) atoms. The summed E-state index contributed by atoms with van der Waals surface area (Å²) in [6.07, 6.45) is 2.35. The molecule has 0 radical (unpaired) electrons. The number of rotatable bonds is 4. The predicted molar refractivity (Wildman–Crippen MR) is 82.3 cm³/mol. The van der Waals surface area contributed by atoms with Crippen molar-refractivity contribution < 1.29 is 0 Å². The number of aromatic nitrogens is 2. The van der Waals surface area contributed by atoms with Crippen molar-refractivity contribution >= 4 is 17.4 Å². The third-order valence-corrected chi connectivity index (χ3v) is 4.12. The molecule has 1 aromatic heterocycles. The highest BCUT2D eigenvalue weighted by atomic mass is 35.5. The topological polar surface area (TPSA) is 37.8 Å². The Kier molecular flexibility index (Phi) is 3.62. The van der Waals surface area contributed by atoms with E-state index in [1.54, 1.807) is 0 Å². The third kappa shape index (κ3) is 2.78. The van der Waals surface area contributed by atoms with Gasteiger partial charge in [0.15, 0.2) is 0 Å². The van der Waals surface area contributed by atoms with Crippen molar-refractivity contribution in [3.63, 3.8) is 0 Å². The van der Waals surface area contributed by atoms with Crippen LogP contribution in [0.5, 0.6) is 0 Å². The van der Waals surface area contributed by atoms with Gasteiger partial charge in [0.2, 0.25) is 0 Å².